The molecule has 148 valence electrons. The summed E-state index contributed by atoms with van der Waals surface area (Å²) in [4.78, 5) is 18.9. The first-order valence-electron chi connectivity index (χ1n) is 9.44. The highest BCUT2D eigenvalue weighted by Crippen LogP contribution is 2.23. The van der Waals surface area contributed by atoms with Crippen LogP contribution in [0.2, 0.25) is 0 Å². The lowest BCUT2D eigenvalue weighted by atomic mass is 10.1. The van der Waals surface area contributed by atoms with Gasteiger partial charge in [0.15, 0.2) is 0 Å². The maximum absolute atomic E-state index is 12.0. The van der Waals surface area contributed by atoms with Crippen molar-refractivity contribution in [1.82, 2.24) is 14.7 Å². The van der Waals surface area contributed by atoms with E-state index in [0.717, 1.165) is 28.7 Å². The van der Waals surface area contributed by atoms with Gasteiger partial charge in [-0.2, -0.15) is 4.37 Å². The van der Waals surface area contributed by atoms with E-state index in [-0.39, 0.29) is 11.9 Å². The Balaban J connectivity index is 2.07. The Hall–Kier alpha value is -2.15. The molecule has 1 atom stereocenters. The summed E-state index contributed by atoms with van der Waals surface area (Å²) in [6.45, 7) is 8.88. The number of carbonyl (C=O) groups is 1. The zero-order valence-electron chi connectivity index (χ0n) is 16.9. The number of carbonyl (C=O) groups excluding carboxylic acids is 1. The van der Waals surface area contributed by atoms with E-state index >= 15 is 0 Å². The highest BCUT2D eigenvalue weighted by atomic mass is 32.1. The minimum Gasteiger partial charge on any atom is -0.497 e. The van der Waals surface area contributed by atoms with E-state index in [9.17, 15) is 4.79 Å². The van der Waals surface area contributed by atoms with Gasteiger partial charge in [-0.25, -0.2) is 4.98 Å². The number of hydrogen-bond donors (Lipinski definition) is 1. The van der Waals surface area contributed by atoms with Crippen LogP contribution in [0.3, 0.4) is 0 Å². The average molecular weight is 391 g/mol. The van der Waals surface area contributed by atoms with Crippen LogP contribution in [-0.2, 0) is 11.2 Å². The van der Waals surface area contributed by atoms with Gasteiger partial charge in [-0.15, -0.1) is 0 Å². The van der Waals surface area contributed by atoms with Crippen LogP contribution >= 0.6 is 11.5 Å². The molecule has 1 aromatic carbocycles. The lowest BCUT2D eigenvalue weighted by Gasteiger charge is -2.27. The molecule has 0 spiro atoms. The Morgan fingerprint density at radius 2 is 2.11 bits per heavy atom. The van der Waals surface area contributed by atoms with E-state index < -0.39 is 0 Å². The molecule has 0 radical (unpaired) electrons. The van der Waals surface area contributed by atoms with Gasteiger partial charge in [0.2, 0.25) is 11.0 Å². The van der Waals surface area contributed by atoms with E-state index in [1.54, 1.807) is 7.11 Å². The zero-order valence-corrected chi connectivity index (χ0v) is 17.7. The first-order valence-corrected chi connectivity index (χ1v) is 10.2. The minimum atomic E-state index is 0.0689. The van der Waals surface area contributed by atoms with Crippen LogP contribution in [0, 0.1) is 0 Å². The van der Waals surface area contributed by atoms with Crippen molar-refractivity contribution in [2.24, 2.45) is 0 Å². The van der Waals surface area contributed by atoms with Gasteiger partial charge in [0, 0.05) is 43.0 Å². The van der Waals surface area contributed by atoms with Crippen molar-refractivity contribution in [3.63, 3.8) is 0 Å². The van der Waals surface area contributed by atoms with Gasteiger partial charge >= 0.3 is 0 Å². The Morgan fingerprint density at radius 1 is 1.33 bits per heavy atom. The summed E-state index contributed by atoms with van der Waals surface area (Å²) in [6.07, 6.45) is 2.10. The van der Waals surface area contributed by atoms with Crippen molar-refractivity contribution < 1.29 is 9.53 Å². The summed E-state index contributed by atoms with van der Waals surface area (Å²) < 4.78 is 9.81. The Morgan fingerprint density at radius 3 is 2.78 bits per heavy atom. The second kappa shape index (κ2) is 10.3. The lowest BCUT2D eigenvalue weighted by Crippen LogP contribution is -2.38. The molecule has 2 aromatic rings. The van der Waals surface area contributed by atoms with Crippen LogP contribution in [0.1, 0.15) is 51.9 Å². The van der Waals surface area contributed by atoms with Crippen LogP contribution in [0.15, 0.2) is 24.3 Å². The molecule has 6 nitrogen and oxygen atoms in total. The number of ether oxygens (including phenoxy) is 1. The normalized spacial score (nSPS) is 12.1. The topological polar surface area (TPSA) is 67.4 Å². The maximum atomic E-state index is 12.0. The number of nitrogens with zero attached hydrogens (tertiary/aromatic N) is 3. The highest BCUT2D eigenvalue weighted by molar-refractivity contribution is 7.09. The van der Waals surface area contributed by atoms with Gasteiger partial charge in [0.05, 0.1) is 7.11 Å². The monoisotopic (exact) mass is 390 g/mol. The zero-order chi connectivity index (χ0) is 19.8. The van der Waals surface area contributed by atoms with Crippen LogP contribution in [0.5, 0.6) is 5.75 Å². The van der Waals surface area contributed by atoms with E-state index in [4.69, 9.17) is 9.72 Å². The SMILES string of the molecule is CC[C@@H](C)N(CCC(=O)NC(C)C)c1nc(Cc2cccc(OC)c2)ns1. The number of hydrogen-bond acceptors (Lipinski definition) is 6. The highest BCUT2D eigenvalue weighted by Gasteiger charge is 2.19. The third-order valence-electron chi connectivity index (χ3n) is 4.35. The van der Waals surface area contributed by atoms with Crippen molar-refractivity contribution in [3.8, 4) is 5.75 Å². The molecule has 1 heterocycles. The number of rotatable bonds is 10. The molecule has 0 fully saturated rings. The quantitative estimate of drug-likeness (QED) is 0.671. The molecule has 1 aromatic heterocycles. The first kappa shape index (κ1) is 21.2. The van der Waals surface area contributed by atoms with Gasteiger partial charge in [0.25, 0.3) is 0 Å². The first-order chi connectivity index (χ1) is 12.9. The molecule has 1 amide bonds. The number of methoxy groups -OCH3 is 1. The third-order valence-corrected chi connectivity index (χ3v) is 5.14. The third kappa shape index (κ3) is 6.50. The smallest absolute Gasteiger partial charge is 0.221 e. The summed E-state index contributed by atoms with van der Waals surface area (Å²) in [5, 5.41) is 3.82. The van der Waals surface area contributed by atoms with Gasteiger partial charge in [0.1, 0.15) is 11.6 Å². The van der Waals surface area contributed by atoms with Gasteiger partial charge in [-0.05, 0) is 44.9 Å². The molecule has 0 saturated carbocycles. The van der Waals surface area contributed by atoms with Gasteiger partial charge < -0.3 is 15.0 Å². The second-order valence-electron chi connectivity index (χ2n) is 6.94. The van der Waals surface area contributed by atoms with Crippen LogP contribution in [0.4, 0.5) is 5.13 Å². The largest absolute Gasteiger partial charge is 0.497 e. The van der Waals surface area contributed by atoms with Crippen molar-refractivity contribution in [3.05, 3.63) is 35.7 Å². The molecular weight excluding hydrogens is 360 g/mol. The van der Waals surface area contributed by atoms with Crippen LogP contribution < -0.4 is 15.0 Å². The summed E-state index contributed by atoms with van der Waals surface area (Å²) in [6, 6.07) is 8.41. The van der Waals surface area contributed by atoms with Crippen LogP contribution in [0.25, 0.3) is 0 Å². The molecule has 0 saturated heterocycles. The molecule has 7 heteroatoms. The number of aromatic nitrogens is 2. The minimum absolute atomic E-state index is 0.0689. The van der Waals surface area contributed by atoms with Crippen LogP contribution in [-0.4, -0.2) is 41.0 Å². The molecule has 0 aliphatic carbocycles. The Labute approximate surface area is 166 Å². The number of nitrogens with one attached hydrogen (secondary N) is 1. The molecule has 1 N–H and O–H groups in total. The summed E-state index contributed by atoms with van der Waals surface area (Å²) in [5.74, 6) is 1.70. The fourth-order valence-corrected chi connectivity index (χ4v) is 3.55. The fourth-order valence-electron chi connectivity index (χ4n) is 2.74. The van der Waals surface area contributed by atoms with Crippen molar-refractivity contribution >= 4 is 22.6 Å². The summed E-state index contributed by atoms with van der Waals surface area (Å²) >= 11 is 1.40. The maximum Gasteiger partial charge on any atom is 0.221 e. The number of benzene rings is 1. The predicted molar refractivity (Wildman–Crippen MR) is 111 cm³/mol. The Kier molecular flexibility index (Phi) is 8.03. The molecule has 27 heavy (non-hydrogen) atoms. The molecule has 0 bridgehead atoms. The van der Waals surface area contributed by atoms with Crippen molar-refractivity contribution in [1.29, 1.82) is 0 Å². The second-order valence-corrected chi connectivity index (χ2v) is 7.67. The van der Waals surface area contributed by atoms with E-state index in [1.165, 1.54) is 11.5 Å². The predicted octanol–water partition coefficient (Wildman–Crippen LogP) is 3.66. The standard InChI is InChI=1S/C20H30N4O2S/c1-6-15(4)24(11-10-19(25)21-14(2)3)20-22-18(23-27-20)13-16-8-7-9-17(12-16)26-5/h7-9,12,14-15H,6,10-11,13H2,1-5H3,(H,21,25)/t15-/m1/s1. The van der Waals surface area contributed by atoms with Gasteiger partial charge in [-0.1, -0.05) is 19.1 Å². The summed E-state index contributed by atoms with van der Waals surface area (Å²) in [5.41, 5.74) is 1.12. The lowest BCUT2D eigenvalue weighted by molar-refractivity contribution is -0.121. The van der Waals surface area contributed by atoms with E-state index in [0.29, 0.717) is 25.4 Å². The average Bonchev–Trinajstić information content (AvgIpc) is 3.09. The van der Waals surface area contributed by atoms with Gasteiger partial charge in [-0.3, -0.25) is 4.79 Å². The van der Waals surface area contributed by atoms with E-state index in [1.807, 2.05) is 38.1 Å². The fraction of sp³-hybridized carbons (Fsp3) is 0.550. The van der Waals surface area contributed by atoms with E-state index in [2.05, 4.69) is 28.4 Å². The number of amides is 1. The number of anilines is 1. The molecule has 2 rings (SSSR count). The van der Waals surface area contributed by atoms with Crippen molar-refractivity contribution in [2.75, 3.05) is 18.6 Å². The Bertz CT molecular complexity index is 732. The molecular formula is C20H30N4O2S. The molecule has 0 unspecified atom stereocenters. The molecule has 0 aliphatic rings. The van der Waals surface area contributed by atoms with Crippen molar-refractivity contribution in [2.45, 2.75) is 59.0 Å². The summed E-state index contributed by atoms with van der Waals surface area (Å²) in [7, 11) is 1.66. The molecule has 0 aliphatic heterocycles.